The van der Waals surface area contributed by atoms with Gasteiger partial charge in [-0.2, -0.15) is 0 Å². The van der Waals surface area contributed by atoms with Crippen molar-refractivity contribution in [3.8, 4) is 0 Å². The number of aromatic amines is 1. The SMILES string of the molecule is CCN(CC)C(=O)[C@@H]1C=C2c3cccc4[nH]cc(c34)C[C@H]2N(CC2CC2)C1. The van der Waals surface area contributed by atoms with Crippen molar-refractivity contribution in [2.75, 3.05) is 26.2 Å². The van der Waals surface area contributed by atoms with Crippen molar-refractivity contribution in [3.63, 3.8) is 0 Å². The number of amides is 1. The number of H-pyrrole nitrogens is 1. The van der Waals surface area contributed by atoms with Crippen LogP contribution in [0.3, 0.4) is 0 Å². The highest BCUT2D eigenvalue weighted by atomic mass is 16.2. The summed E-state index contributed by atoms with van der Waals surface area (Å²) in [6, 6.07) is 6.96. The number of aromatic nitrogens is 1. The maximum absolute atomic E-state index is 13.2. The van der Waals surface area contributed by atoms with E-state index in [1.165, 1.54) is 40.4 Å². The highest BCUT2D eigenvalue weighted by Crippen LogP contribution is 2.43. The molecule has 2 atom stereocenters. The van der Waals surface area contributed by atoms with E-state index in [1.54, 1.807) is 0 Å². The van der Waals surface area contributed by atoms with Gasteiger partial charge in [0.05, 0.1) is 5.92 Å². The minimum absolute atomic E-state index is 0.0225. The molecule has 0 radical (unpaired) electrons. The Bertz CT molecular complexity index is 903. The van der Waals surface area contributed by atoms with Crippen LogP contribution < -0.4 is 0 Å². The molecule has 0 saturated heterocycles. The van der Waals surface area contributed by atoms with Gasteiger partial charge in [0, 0.05) is 49.3 Å². The molecule has 1 saturated carbocycles. The Labute approximate surface area is 161 Å². The van der Waals surface area contributed by atoms with Gasteiger partial charge in [-0.05, 0) is 61.8 Å². The molecule has 1 fully saturated rings. The molecule has 5 rings (SSSR count). The molecule has 0 unspecified atom stereocenters. The number of carbonyl (C=O) groups excluding carboxylic acids is 1. The van der Waals surface area contributed by atoms with Crippen LogP contribution in [0.15, 0.2) is 30.5 Å². The molecule has 1 aromatic heterocycles. The van der Waals surface area contributed by atoms with Crippen LogP contribution >= 0.6 is 0 Å². The summed E-state index contributed by atoms with van der Waals surface area (Å²) >= 11 is 0. The Morgan fingerprint density at radius 1 is 1.26 bits per heavy atom. The fraction of sp³-hybridized carbons (Fsp3) is 0.522. The van der Waals surface area contributed by atoms with Gasteiger partial charge in [0.2, 0.25) is 5.91 Å². The molecule has 2 aliphatic carbocycles. The Kier molecular flexibility index (Phi) is 4.12. The number of rotatable bonds is 5. The van der Waals surface area contributed by atoms with Crippen molar-refractivity contribution in [1.29, 1.82) is 0 Å². The van der Waals surface area contributed by atoms with Gasteiger partial charge >= 0.3 is 0 Å². The molecule has 142 valence electrons. The molecule has 2 aromatic rings. The molecule has 1 aromatic carbocycles. The standard InChI is InChI=1S/C23H29N3O/c1-3-25(4-2)23(27)17-10-19-18-6-5-7-20-22(18)16(12-24-20)11-21(19)26(14-17)13-15-8-9-15/h5-7,10,12,15,17,21,24H,3-4,8-9,11,13-14H2,1-2H3/t17-,21-/m1/s1. The molecule has 1 amide bonds. The third-order valence-corrected chi connectivity index (χ3v) is 6.71. The van der Waals surface area contributed by atoms with Crippen LogP contribution in [0.4, 0.5) is 0 Å². The predicted molar refractivity (Wildman–Crippen MR) is 109 cm³/mol. The molecule has 2 heterocycles. The fourth-order valence-electron chi connectivity index (χ4n) is 5.08. The van der Waals surface area contributed by atoms with Crippen LogP contribution in [0.25, 0.3) is 16.5 Å². The van der Waals surface area contributed by atoms with E-state index < -0.39 is 0 Å². The molecule has 4 nitrogen and oxygen atoms in total. The van der Waals surface area contributed by atoms with Crippen LogP contribution in [0, 0.1) is 11.8 Å². The fourth-order valence-corrected chi connectivity index (χ4v) is 5.08. The number of nitrogens with one attached hydrogen (secondary N) is 1. The first-order chi connectivity index (χ1) is 13.2. The predicted octanol–water partition coefficient (Wildman–Crippen LogP) is 3.69. The number of hydrogen-bond donors (Lipinski definition) is 1. The molecule has 4 heteroatoms. The normalized spacial score (nSPS) is 24.6. The Balaban J connectivity index is 1.58. The molecule has 0 spiro atoms. The topological polar surface area (TPSA) is 39.3 Å². The summed E-state index contributed by atoms with van der Waals surface area (Å²) in [6.07, 6.45) is 8.25. The third kappa shape index (κ3) is 2.82. The number of nitrogens with zero attached hydrogens (tertiary/aromatic N) is 2. The lowest BCUT2D eigenvalue weighted by Crippen LogP contribution is -2.49. The van der Waals surface area contributed by atoms with E-state index in [2.05, 4.69) is 54.2 Å². The highest BCUT2D eigenvalue weighted by molar-refractivity contribution is 5.99. The summed E-state index contributed by atoms with van der Waals surface area (Å²) in [7, 11) is 0. The monoisotopic (exact) mass is 363 g/mol. The van der Waals surface area contributed by atoms with Crippen LogP contribution in [-0.4, -0.2) is 52.9 Å². The van der Waals surface area contributed by atoms with Gasteiger partial charge in [-0.1, -0.05) is 18.2 Å². The summed E-state index contributed by atoms with van der Waals surface area (Å²) in [5, 5.41) is 1.36. The molecular weight excluding hydrogens is 334 g/mol. The van der Waals surface area contributed by atoms with Crippen LogP contribution in [0.1, 0.15) is 37.8 Å². The number of fused-ring (bicyclic) bond motifs is 2. The first kappa shape index (κ1) is 17.1. The minimum atomic E-state index is -0.0225. The summed E-state index contributed by atoms with van der Waals surface area (Å²) < 4.78 is 0. The average Bonchev–Trinajstić information content (AvgIpc) is 3.41. The summed E-state index contributed by atoms with van der Waals surface area (Å²) in [6.45, 7) is 7.75. The van der Waals surface area contributed by atoms with Gasteiger partial charge in [-0.15, -0.1) is 0 Å². The second kappa shape index (κ2) is 6.52. The molecule has 27 heavy (non-hydrogen) atoms. The summed E-state index contributed by atoms with van der Waals surface area (Å²) in [5.74, 6) is 1.10. The quantitative estimate of drug-likeness (QED) is 0.880. The second-order valence-corrected chi connectivity index (χ2v) is 8.40. The Hall–Kier alpha value is -2.07. The van der Waals surface area contributed by atoms with Crippen LogP contribution in [0.2, 0.25) is 0 Å². The van der Waals surface area contributed by atoms with E-state index in [1.807, 2.05) is 4.90 Å². The van der Waals surface area contributed by atoms with Crippen molar-refractivity contribution in [3.05, 3.63) is 41.6 Å². The highest BCUT2D eigenvalue weighted by Gasteiger charge is 2.39. The third-order valence-electron chi connectivity index (χ3n) is 6.71. The van der Waals surface area contributed by atoms with Gasteiger partial charge in [-0.3, -0.25) is 9.69 Å². The van der Waals surface area contributed by atoms with E-state index in [0.29, 0.717) is 11.9 Å². The zero-order chi connectivity index (χ0) is 18.5. The number of hydrogen-bond acceptors (Lipinski definition) is 2. The van der Waals surface area contributed by atoms with Gasteiger partial charge in [0.15, 0.2) is 0 Å². The lowest BCUT2D eigenvalue weighted by molar-refractivity contribution is -0.134. The molecule has 3 aliphatic rings. The van der Waals surface area contributed by atoms with Crippen molar-refractivity contribution in [2.24, 2.45) is 11.8 Å². The minimum Gasteiger partial charge on any atom is -0.361 e. The number of benzene rings is 1. The summed E-state index contributed by atoms with van der Waals surface area (Å²) in [4.78, 5) is 21.2. The lowest BCUT2D eigenvalue weighted by Gasteiger charge is -2.42. The van der Waals surface area contributed by atoms with Gasteiger partial charge in [0.25, 0.3) is 0 Å². The van der Waals surface area contributed by atoms with Crippen molar-refractivity contribution >= 4 is 22.4 Å². The van der Waals surface area contributed by atoms with E-state index >= 15 is 0 Å². The molecular formula is C23H29N3O. The second-order valence-electron chi connectivity index (χ2n) is 8.40. The van der Waals surface area contributed by atoms with Gasteiger partial charge < -0.3 is 9.88 Å². The van der Waals surface area contributed by atoms with E-state index in [0.717, 1.165) is 38.5 Å². The smallest absolute Gasteiger partial charge is 0.230 e. The first-order valence-corrected chi connectivity index (χ1v) is 10.5. The maximum atomic E-state index is 13.2. The van der Waals surface area contributed by atoms with Gasteiger partial charge in [-0.25, -0.2) is 0 Å². The largest absolute Gasteiger partial charge is 0.361 e. The number of carbonyl (C=O) groups is 1. The molecule has 1 N–H and O–H groups in total. The van der Waals surface area contributed by atoms with Crippen molar-refractivity contribution in [1.82, 2.24) is 14.8 Å². The van der Waals surface area contributed by atoms with Crippen LogP contribution in [0.5, 0.6) is 0 Å². The maximum Gasteiger partial charge on any atom is 0.230 e. The molecule has 1 aliphatic heterocycles. The molecule has 0 bridgehead atoms. The Morgan fingerprint density at radius 3 is 2.81 bits per heavy atom. The van der Waals surface area contributed by atoms with E-state index in [4.69, 9.17) is 0 Å². The zero-order valence-electron chi connectivity index (χ0n) is 16.4. The van der Waals surface area contributed by atoms with Crippen LogP contribution in [-0.2, 0) is 11.2 Å². The van der Waals surface area contributed by atoms with Crippen molar-refractivity contribution in [2.45, 2.75) is 39.2 Å². The summed E-state index contributed by atoms with van der Waals surface area (Å²) in [5.41, 5.74) is 5.35. The zero-order valence-corrected chi connectivity index (χ0v) is 16.4. The van der Waals surface area contributed by atoms with Crippen molar-refractivity contribution < 1.29 is 4.79 Å². The van der Waals surface area contributed by atoms with E-state index in [9.17, 15) is 4.79 Å². The first-order valence-electron chi connectivity index (χ1n) is 10.5. The van der Waals surface area contributed by atoms with E-state index in [-0.39, 0.29) is 5.92 Å². The lowest BCUT2D eigenvalue weighted by atomic mass is 9.79. The van der Waals surface area contributed by atoms with Gasteiger partial charge in [0.1, 0.15) is 0 Å². The Morgan fingerprint density at radius 2 is 2.07 bits per heavy atom. The average molecular weight is 364 g/mol.